The van der Waals surface area contributed by atoms with Crippen LogP contribution in [-0.4, -0.2) is 30.6 Å². The van der Waals surface area contributed by atoms with Crippen LogP contribution in [-0.2, 0) is 6.54 Å². The first kappa shape index (κ1) is 14.6. The number of hydrogen-bond acceptors (Lipinski definition) is 3. The van der Waals surface area contributed by atoms with Gasteiger partial charge in [-0.3, -0.25) is 4.90 Å². The van der Waals surface area contributed by atoms with E-state index < -0.39 is 0 Å². The molecule has 20 heavy (non-hydrogen) atoms. The summed E-state index contributed by atoms with van der Waals surface area (Å²) in [4.78, 5) is 2.75. The largest absolute Gasteiger partial charge is 0.316 e. The molecule has 3 heteroatoms. The van der Waals surface area contributed by atoms with E-state index in [1.54, 1.807) is 0 Å². The molecule has 0 bridgehead atoms. The van der Waals surface area contributed by atoms with E-state index in [2.05, 4.69) is 40.9 Å². The van der Waals surface area contributed by atoms with E-state index in [0.29, 0.717) is 5.41 Å². The Bertz CT molecular complexity index is 403. The van der Waals surface area contributed by atoms with E-state index in [-0.39, 0.29) is 0 Å². The summed E-state index contributed by atoms with van der Waals surface area (Å²) in [6, 6.07) is 3.14. The predicted octanol–water partition coefficient (Wildman–Crippen LogP) is 3.74. The van der Waals surface area contributed by atoms with Crippen molar-refractivity contribution in [1.29, 1.82) is 0 Å². The van der Waals surface area contributed by atoms with E-state index in [1.807, 2.05) is 11.3 Å². The van der Waals surface area contributed by atoms with Gasteiger partial charge in [0.15, 0.2) is 0 Å². The summed E-state index contributed by atoms with van der Waals surface area (Å²) < 4.78 is 0. The Kier molecular flexibility index (Phi) is 4.49. The Morgan fingerprint density at radius 3 is 2.80 bits per heavy atom. The van der Waals surface area contributed by atoms with Crippen molar-refractivity contribution in [2.24, 2.45) is 11.3 Å². The van der Waals surface area contributed by atoms with Crippen LogP contribution in [0.25, 0.3) is 0 Å². The maximum absolute atomic E-state index is 3.59. The van der Waals surface area contributed by atoms with Gasteiger partial charge in [0.05, 0.1) is 0 Å². The van der Waals surface area contributed by atoms with E-state index in [0.717, 1.165) is 18.5 Å². The molecule has 0 aromatic carbocycles. The van der Waals surface area contributed by atoms with Crippen LogP contribution >= 0.6 is 11.3 Å². The number of thiophene rings is 1. The third-order valence-electron chi connectivity index (χ3n) is 5.04. The summed E-state index contributed by atoms with van der Waals surface area (Å²) in [5.41, 5.74) is 1.92. The number of hydrogen-bond donors (Lipinski definition) is 1. The monoisotopic (exact) mass is 292 g/mol. The van der Waals surface area contributed by atoms with Gasteiger partial charge in [0.2, 0.25) is 0 Å². The molecular formula is C17H28N2S. The van der Waals surface area contributed by atoms with E-state index >= 15 is 0 Å². The van der Waals surface area contributed by atoms with Crippen molar-refractivity contribution in [3.05, 3.63) is 22.4 Å². The molecule has 2 nitrogen and oxygen atoms in total. The molecule has 1 aromatic rings. The zero-order valence-corrected chi connectivity index (χ0v) is 13.7. The van der Waals surface area contributed by atoms with Gasteiger partial charge in [-0.2, -0.15) is 11.3 Å². The van der Waals surface area contributed by atoms with Gasteiger partial charge in [-0.15, -0.1) is 0 Å². The van der Waals surface area contributed by atoms with E-state index in [4.69, 9.17) is 0 Å². The molecule has 2 aliphatic rings. The van der Waals surface area contributed by atoms with Gasteiger partial charge in [-0.25, -0.2) is 0 Å². The Balaban J connectivity index is 1.62. The molecule has 1 aromatic heterocycles. The fraction of sp³-hybridized carbons (Fsp3) is 0.765. The van der Waals surface area contributed by atoms with Crippen molar-refractivity contribution < 1.29 is 0 Å². The molecule has 2 heterocycles. The van der Waals surface area contributed by atoms with Crippen molar-refractivity contribution in [2.75, 3.05) is 19.6 Å². The fourth-order valence-corrected chi connectivity index (χ4v) is 4.20. The second kappa shape index (κ2) is 6.17. The van der Waals surface area contributed by atoms with Gasteiger partial charge < -0.3 is 5.32 Å². The number of piperidine rings is 1. The molecule has 1 saturated carbocycles. The molecule has 1 atom stereocenters. The number of rotatable bonds is 6. The van der Waals surface area contributed by atoms with Crippen molar-refractivity contribution in [1.82, 2.24) is 10.2 Å². The topological polar surface area (TPSA) is 15.3 Å². The smallest absolute Gasteiger partial charge is 0.0245 e. The highest BCUT2D eigenvalue weighted by atomic mass is 32.1. The first-order valence-electron chi connectivity index (χ1n) is 8.11. The lowest BCUT2D eigenvalue weighted by atomic mass is 9.74. The summed E-state index contributed by atoms with van der Waals surface area (Å²) in [5.74, 6) is 0.833. The van der Waals surface area contributed by atoms with Crippen molar-refractivity contribution >= 4 is 11.3 Å². The molecule has 3 rings (SSSR count). The van der Waals surface area contributed by atoms with Crippen LogP contribution in [0, 0.1) is 11.3 Å². The maximum Gasteiger partial charge on any atom is 0.0245 e. The molecule has 0 amide bonds. The molecule has 0 radical (unpaired) electrons. The highest BCUT2D eigenvalue weighted by Crippen LogP contribution is 2.37. The molecule has 1 aliphatic carbocycles. The highest BCUT2D eigenvalue weighted by molar-refractivity contribution is 7.07. The number of nitrogens with one attached hydrogen (secondary N) is 1. The number of nitrogens with zero attached hydrogens (tertiary/aromatic N) is 1. The van der Waals surface area contributed by atoms with Gasteiger partial charge in [-0.1, -0.05) is 13.8 Å². The lowest BCUT2D eigenvalue weighted by molar-refractivity contribution is 0.0914. The standard InChI is InChI=1S/C17H28N2S/c1-17(2,15-4-3-8-18-10-15)13-19(16-5-6-16)11-14-7-9-20-12-14/h7,9,12,15-16,18H,3-6,8,10-11,13H2,1-2H3. The first-order valence-corrected chi connectivity index (χ1v) is 9.05. The van der Waals surface area contributed by atoms with Crippen LogP contribution in [0.1, 0.15) is 45.1 Å². The average Bonchev–Trinajstić information content (AvgIpc) is 3.18. The minimum absolute atomic E-state index is 0.423. The molecule has 1 aliphatic heterocycles. The second-order valence-corrected chi connectivity index (χ2v) is 8.08. The van der Waals surface area contributed by atoms with Gasteiger partial charge >= 0.3 is 0 Å². The quantitative estimate of drug-likeness (QED) is 0.859. The molecule has 1 N–H and O–H groups in total. The van der Waals surface area contributed by atoms with E-state index in [9.17, 15) is 0 Å². The average molecular weight is 292 g/mol. The fourth-order valence-electron chi connectivity index (χ4n) is 3.54. The third kappa shape index (κ3) is 3.63. The Hall–Kier alpha value is -0.380. The summed E-state index contributed by atoms with van der Waals surface area (Å²) in [5, 5.41) is 8.10. The lowest BCUT2D eigenvalue weighted by Gasteiger charge is -2.41. The zero-order valence-electron chi connectivity index (χ0n) is 12.9. The zero-order chi connectivity index (χ0) is 14.0. The molecule has 112 valence electrons. The predicted molar refractivity (Wildman–Crippen MR) is 87.1 cm³/mol. The SMILES string of the molecule is CC(C)(CN(Cc1ccsc1)C1CC1)C1CCCNC1. The van der Waals surface area contributed by atoms with Crippen LogP contribution in [0.15, 0.2) is 16.8 Å². The van der Waals surface area contributed by atoms with Gasteiger partial charge in [0.25, 0.3) is 0 Å². The van der Waals surface area contributed by atoms with Crippen LogP contribution < -0.4 is 5.32 Å². The Labute approximate surface area is 127 Å². The normalized spacial score (nSPS) is 24.2. The summed E-state index contributed by atoms with van der Waals surface area (Å²) in [6.45, 7) is 9.79. The third-order valence-corrected chi connectivity index (χ3v) is 5.77. The van der Waals surface area contributed by atoms with Gasteiger partial charge in [0, 0.05) is 19.1 Å². The van der Waals surface area contributed by atoms with E-state index in [1.165, 1.54) is 50.9 Å². The molecule has 0 spiro atoms. The van der Waals surface area contributed by atoms with Crippen molar-refractivity contribution in [3.63, 3.8) is 0 Å². The summed E-state index contributed by atoms with van der Waals surface area (Å²) >= 11 is 1.82. The van der Waals surface area contributed by atoms with Crippen LogP contribution in [0.2, 0.25) is 0 Å². The second-order valence-electron chi connectivity index (χ2n) is 7.30. The summed E-state index contributed by atoms with van der Waals surface area (Å²) in [7, 11) is 0. The molecule has 1 saturated heterocycles. The van der Waals surface area contributed by atoms with Crippen molar-refractivity contribution in [3.8, 4) is 0 Å². The van der Waals surface area contributed by atoms with Gasteiger partial charge in [-0.05, 0) is 72.5 Å². The maximum atomic E-state index is 3.59. The van der Waals surface area contributed by atoms with Gasteiger partial charge in [0.1, 0.15) is 0 Å². The van der Waals surface area contributed by atoms with Crippen molar-refractivity contribution in [2.45, 2.75) is 52.1 Å². The highest BCUT2D eigenvalue weighted by Gasteiger charge is 2.37. The van der Waals surface area contributed by atoms with Crippen LogP contribution in [0.3, 0.4) is 0 Å². The lowest BCUT2D eigenvalue weighted by Crippen LogP contribution is -2.45. The Morgan fingerprint density at radius 1 is 1.35 bits per heavy atom. The molecular weight excluding hydrogens is 264 g/mol. The minimum atomic E-state index is 0.423. The Morgan fingerprint density at radius 2 is 2.20 bits per heavy atom. The first-order chi connectivity index (χ1) is 9.65. The minimum Gasteiger partial charge on any atom is -0.316 e. The molecule has 2 fully saturated rings. The molecule has 1 unspecified atom stereocenters. The van der Waals surface area contributed by atoms with Crippen LogP contribution in [0.4, 0.5) is 0 Å². The van der Waals surface area contributed by atoms with Crippen LogP contribution in [0.5, 0.6) is 0 Å². The summed E-state index contributed by atoms with van der Waals surface area (Å²) in [6.07, 6.45) is 5.56.